The molecule has 0 aromatic heterocycles. The van der Waals surface area contributed by atoms with Gasteiger partial charge in [-0.05, 0) is 23.8 Å². The van der Waals surface area contributed by atoms with Gasteiger partial charge in [-0.1, -0.05) is 30.3 Å². The summed E-state index contributed by atoms with van der Waals surface area (Å²) in [5.74, 6) is 1.21. The highest BCUT2D eigenvalue weighted by atomic mass is 16.7. The summed E-state index contributed by atoms with van der Waals surface area (Å²) in [5.41, 5.74) is 1.62. The average Bonchev–Trinajstić information content (AvgIpc) is 2.95. The Morgan fingerprint density at radius 3 is 2.70 bits per heavy atom. The van der Waals surface area contributed by atoms with Gasteiger partial charge in [0.05, 0.1) is 6.61 Å². The normalized spacial score (nSPS) is 12.4. The van der Waals surface area contributed by atoms with Gasteiger partial charge in [-0.3, -0.25) is 4.79 Å². The van der Waals surface area contributed by atoms with Gasteiger partial charge in [-0.15, -0.1) is 0 Å². The van der Waals surface area contributed by atoms with E-state index in [9.17, 15) is 4.79 Å². The summed E-state index contributed by atoms with van der Waals surface area (Å²) in [6.45, 7) is 0.684. The first-order chi connectivity index (χ1) is 9.83. The van der Waals surface area contributed by atoms with Crippen molar-refractivity contribution in [1.82, 2.24) is 0 Å². The van der Waals surface area contributed by atoms with E-state index in [1.54, 1.807) is 18.2 Å². The summed E-state index contributed by atoms with van der Waals surface area (Å²) < 4.78 is 15.9. The summed E-state index contributed by atoms with van der Waals surface area (Å²) in [5, 5.41) is 0. The van der Waals surface area contributed by atoms with Crippen molar-refractivity contribution in [3.8, 4) is 11.5 Å². The fourth-order valence-electron chi connectivity index (χ4n) is 1.99. The summed E-state index contributed by atoms with van der Waals surface area (Å²) in [4.78, 5) is 12.0. The lowest BCUT2D eigenvalue weighted by Gasteiger charge is -2.05. The van der Waals surface area contributed by atoms with Crippen LogP contribution in [0.2, 0.25) is 0 Å². The third-order valence-electron chi connectivity index (χ3n) is 3.04. The van der Waals surface area contributed by atoms with Gasteiger partial charge in [0.2, 0.25) is 6.79 Å². The van der Waals surface area contributed by atoms with Gasteiger partial charge in [-0.25, -0.2) is 0 Å². The van der Waals surface area contributed by atoms with Gasteiger partial charge in [-0.2, -0.15) is 0 Å². The van der Waals surface area contributed by atoms with Crippen LogP contribution in [0.5, 0.6) is 11.5 Å². The maximum atomic E-state index is 12.0. The molecule has 1 heterocycles. The predicted octanol–water partition coefficient (Wildman–Crippen LogP) is 2.81. The van der Waals surface area contributed by atoms with Gasteiger partial charge in [0.15, 0.2) is 17.3 Å². The minimum Gasteiger partial charge on any atom is -0.454 e. The molecule has 0 radical (unpaired) electrons. The number of carbonyl (C=O) groups excluding carboxylic acids is 1. The van der Waals surface area contributed by atoms with Crippen LogP contribution < -0.4 is 9.47 Å². The maximum absolute atomic E-state index is 12.0. The van der Waals surface area contributed by atoms with Gasteiger partial charge >= 0.3 is 0 Å². The zero-order valence-corrected chi connectivity index (χ0v) is 10.9. The van der Waals surface area contributed by atoms with Crippen molar-refractivity contribution < 1.29 is 19.0 Å². The fraction of sp³-hybridized carbons (Fsp3) is 0.188. The molecule has 0 saturated heterocycles. The van der Waals surface area contributed by atoms with E-state index < -0.39 is 0 Å². The molecule has 0 unspecified atom stereocenters. The van der Waals surface area contributed by atoms with E-state index in [0.717, 1.165) is 5.56 Å². The molecule has 0 amide bonds. The molecular weight excluding hydrogens is 256 g/mol. The standard InChI is InChI=1S/C16H14O4/c17-14(10-18-9-12-4-2-1-3-5-12)13-6-7-15-16(8-13)20-11-19-15/h1-8H,9-11H2. The zero-order chi connectivity index (χ0) is 13.8. The monoisotopic (exact) mass is 270 g/mol. The van der Waals surface area contributed by atoms with Gasteiger partial charge < -0.3 is 14.2 Å². The van der Waals surface area contributed by atoms with Crippen molar-refractivity contribution in [2.45, 2.75) is 6.61 Å². The quantitative estimate of drug-likeness (QED) is 0.784. The number of ether oxygens (including phenoxy) is 3. The second-order valence-electron chi connectivity index (χ2n) is 4.47. The Labute approximate surface area is 116 Å². The second kappa shape index (κ2) is 5.75. The van der Waals surface area contributed by atoms with Crippen molar-refractivity contribution in [2.75, 3.05) is 13.4 Å². The Morgan fingerprint density at radius 2 is 1.85 bits per heavy atom. The molecule has 4 nitrogen and oxygen atoms in total. The Bertz CT molecular complexity index is 607. The molecular formula is C16H14O4. The van der Waals surface area contributed by atoms with Crippen LogP contribution in [0.25, 0.3) is 0 Å². The highest BCUT2D eigenvalue weighted by Gasteiger charge is 2.16. The third-order valence-corrected chi connectivity index (χ3v) is 3.04. The molecule has 0 spiro atoms. The Hall–Kier alpha value is -2.33. The largest absolute Gasteiger partial charge is 0.454 e. The minimum absolute atomic E-state index is 0.0501. The van der Waals surface area contributed by atoms with Crippen molar-refractivity contribution >= 4 is 5.78 Å². The average molecular weight is 270 g/mol. The second-order valence-corrected chi connectivity index (χ2v) is 4.47. The zero-order valence-electron chi connectivity index (χ0n) is 10.9. The van der Waals surface area contributed by atoms with Crippen LogP contribution >= 0.6 is 0 Å². The van der Waals surface area contributed by atoms with E-state index in [-0.39, 0.29) is 19.2 Å². The number of carbonyl (C=O) groups is 1. The highest BCUT2D eigenvalue weighted by molar-refractivity contribution is 5.97. The first-order valence-electron chi connectivity index (χ1n) is 6.37. The van der Waals surface area contributed by atoms with Crippen LogP contribution in [0, 0.1) is 0 Å². The van der Waals surface area contributed by atoms with Gasteiger partial charge in [0, 0.05) is 5.56 Å². The van der Waals surface area contributed by atoms with Crippen molar-refractivity contribution in [3.05, 3.63) is 59.7 Å². The van der Waals surface area contributed by atoms with Crippen LogP contribution in [0.3, 0.4) is 0 Å². The molecule has 3 rings (SSSR count). The number of ketones is 1. The van der Waals surface area contributed by atoms with Crippen molar-refractivity contribution in [2.24, 2.45) is 0 Å². The van der Waals surface area contributed by atoms with Crippen LogP contribution in [0.4, 0.5) is 0 Å². The van der Waals surface area contributed by atoms with Crippen LogP contribution in [0.1, 0.15) is 15.9 Å². The highest BCUT2D eigenvalue weighted by Crippen LogP contribution is 2.32. The topological polar surface area (TPSA) is 44.8 Å². The lowest BCUT2D eigenvalue weighted by Crippen LogP contribution is -2.09. The molecule has 2 aromatic rings. The number of hydrogen-bond acceptors (Lipinski definition) is 4. The minimum atomic E-state index is -0.0702. The number of rotatable bonds is 5. The first-order valence-corrected chi connectivity index (χ1v) is 6.37. The maximum Gasteiger partial charge on any atom is 0.231 e. The van der Waals surface area contributed by atoms with Crippen molar-refractivity contribution in [1.29, 1.82) is 0 Å². The molecule has 0 bridgehead atoms. The Balaban J connectivity index is 1.57. The van der Waals surface area contributed by atoms with E-state index in [1.807, 2.05) is 30.3 Å². The van der Waals surface area contributed by atoms with Crippen molar-refractivity contribution in [3.63, 3.8) is 0 Å². The summed E-state index contributed by atoms with van der Waals surface area (Å²) in [6.07, 6.45) is 0. The summed E-state index contributed by atoms with van der Waals surface area (Å²) >= 11 is 0. The molecule has 4 heteroatoms. The van der Waals surface area contributed by atoms with E-state index in [1.165, 1.54) is 0 Å². The SMILES string of the molecule is O=C(COCc1ccccc1)c1ccc2c(c1)OCO2. The first kappa shape index (κ1) is 12.7. The lowest BCUT2D eigenvalue weighted by atomic mass is 10.1. The fourth-order valence-corrected chi connectivity index (χ4v) is 1.99. The third kappa shape index (κ3) is 2.81. The Kier molecular flexibility index (Phi) is 3.65. The summed E-state index contributed by atoms with van der Waals surface area (Å²) in [7, 11) is 0. The molecule has 0 aliphatic carbocycles. The number of Topliss-reactive ketones (excluding diaryl/α,β-unsaturated/α-hetero) is 1. The van der Waals surface area contributed by atoms with Gasteiger partial charge in [0.1, 0.15) is 6.61 Å². The smallest absolute Gasteiger partial charge is 0.231 e. The molecule has 20 heavy (non-hydrogen) atoms. The number of fused-ring (bicyclic) bond motifs is 1. The number of benzene rings is 2. The molecule has 0 saturated carbocycles. The van der Waals surface area contributed by atoms with Crippen LogP contribution in [-0.4, -0.2) is 19.2 Å². The van der Waals surface area contributed by atoms with Crippen LogP contribution in [0.15, 0.2) is 48.5 Å². The molecule has 0 N–H and O–H groups in total. The molecule has 0 fully saturated rings. The molecule has 1 aliphatic rings. The summed E-state index contributed by atoms with van der Waals surface area (Å²) in [6, 6.07) is 14.9. The predicted molar refractivity (Wildman–Crippen MR) is 73.0 cm³/mol. The van der Waals surface area contributed by atoms with E-state index in [2.05, 4.69) is 0 Å². The van der Waals surface area contributed by atoms with E-state index in [0.29, 0.717) is 23.7 Å². The molecule has 1 aliphatic heterocycles. The molecule has 0 atom stereocenters. The number of hydrogen-bond donors (Lipinski definition) is 0. The van der Waals surface area contributed by atoms with E-state index >= 15 is 0 Å². The van der Waals surface area contributed by atoms with Crippen LogP contribution in [-0.2, 0) is 11.3 Å². The Morgan fingerprint density at radius 1 is 1.05 bits per heavy atom. The van der Waals surface area contributed by atoms with Gasteiger partial charge in [0.25, 0.3) is 0 Å². The molecule has 102 valence electrons. The molecule has 2 aromatic carbocycles. The lowest BCUT2D eigenvalue weighted by molar-refractivity contribution is 0.0726. The van der Waals surface area contributed by atoms with E-state index in [4.69, 9.17) is 14.2 Å².